The van der Waals surface area contributed by atoms with E-state index in [1.165, 1.54) is 12.3 Å². The fourth-order valence-electron chi connectivity index (χ4n) is 2.46. The molecule has 1 heterocycles. The van der Waals surface area contributed by atoms with Crippen LogP contribution in [0.25, 0.3) is 0 Å². The van der Waals surface area contributed by atoms with Crippen molar-refractivity contribution in [2.24, 2.45) is 0 Å². The number of hydrogen-bond donors (Lipinski definition) is 1. The van der Waals surface area contributed by atoms with Gasteiger partial charge in [0.05, 0.1) is 11.5 Å². The number of nitrogens with zero attached hydrogens (tertiary/aromatic N) is 2. The monoisotopic (exact) mass is 387 g/mol. The van der Waals surface area contributed by atoms with E-state index in [-0.39, 0.29) is 18.3 Å². The summed E-state index contributed by atoms with van der Waals surface area (Å²) in [4.78, 5) is 25.8. The number of rotatable bonds is 11. The van der Waals surface area contributed by atoms with Crippen molar-refractivity contribution in [3.8, 4) is 5.75 Å². The third kappa shape index (κ3) is 6.86. The van der Waals surface area contributed by atoms with E-state index in [1.807, 2.05) is 32.0 Å². The fourth-order valence-corrected chi connectivity index (χ4v) is 2.46. The zero-order valence-electron chi connectivity index (χ0n) is 16.1. The van der Waals surface area contributed by atoms with Crippen LogP contribution in [0.1, 0.15) is 30.4 Å². The second-order valence-electron chi connectivity index (χ2n) is 6.35. The molecule has 0 bridgehead atoms. The van der Waals surface area contributed by atoms with Crippen molar-refractivity contribution in [2.75, 3.05) is 25.1 Å². The molecule has 1 aromatic carbocycles. The Kier molecular flexibility index (Phi) is 8.20. The average molecular weight is 387 g/mol. The van der Waals surface area contributed by atoms with Gasteiger partial charge in [0.2, 0.25) is 0 Å². The molecule has 0 saturated carbocycles. The van der Waals surface area contributed by atoms with E-state index >= 15 is 0 Å². The molecule has 28 heavy (non-hydrogen) atoms. The number of aromatic nitrogens is 1. The molecular formula is C20H25N3O5. The Morgan fingerprint density at radius 1 is 1.18 bits per heavy atom. The molecule has 0 unspecified atom stereocenters. The summed E-state index contributed by atoms with van der Waals surface area (Å²) in [5.41, 5.74) is 2.10. The number of ether oxygens (including phenoxy) is 2. The molecule has 1 aromatic heterocycles. The minimum absolute atomic E-state index is 0.0334. The standard InChI is InChI=1S/C20H25N3O5/c1-15-7-6-8-18(16(15)2)28-14-20(24)27-12-5-3-4-11-21-19-10-9-17(13-22-19)23(25)26/h6-10,13H,3-5,11-12,14H2,1-2H3,(H,21,22). The van der Waals surface area contributed by atoms with Gasteiger partial charge < -0.3 is 14.8 Å². The first-order valence-electron chi connectivity index (χ1n) is 9.16. The molecule has 0 spiro atoms. The minimum Gasteiger partial charge on any atom is -0.482 e. The van der Waals surface area contributed by atoms with E-state index < -0.39 is 4.92 Å². The van der Waals surface area contributed by atoms with Crippen molar-refractivity contribution in [3.63, 3.8) is 0 Å². The molecule has 0 aliphatic carbocycles. The Bertz CT molecular complexity index is 793. The third-order valence-corrected chi connectivity index (χ3v) is 4.25. The van der Waals surface area contributed by atoms with Crippen LogP contribution in [-0.4, -0.2) is 35.6 Å². The largest absolute Gasteiger partial charge is 0.482 e. The first-order chi connectivity index (χ1) is 13.5. The summed E-state index contributed by atoms with van der Waals surface area (Å²) in [6.07, 6.45) is 3.73. The molecule has 2 rings (SSSR count). The molecule has 0 aliphatic rings. The highest BCUT2D eigenvalue weighted by molar-refractivity contribution is 5.71. The van der Waals surface area contributed by atoms with Gasteiger partial charge in [-0.05, 0) is 56.4 Å². The van der Waals surface area contributed by atoms with Gasteiger partial charge in [0.15, 0.2) is 6.61 Å². The number of pyridine rings is 1. The molecule has 2 aromatic rings. The lowest BCUT2D eigenvalue weighted by Gasteiger charge is -2.10. The number of carbonyl (C=O) groups excluding carboxylic acids is 1. The highest BCUT2D eigenvalue weighted by atomic mass is 16.6. The van der Waals surface area contributed by atoms with Crippen LogP contribution in [0.3, 0.4) is 0 Å². The number of anilines is 1. The van der Waals surface area contributed by atoms with Gasteiger partial charge in [-0.1, -0.05) is 12.1 Å². The summed E-state index contributed by atoms with van der Waals surface area (Å²) in [5, 5.41) is 13.7. The van der Waals surface area contributed by atoms with Gasteiger partial charge in [-0.25, -0.2) is 9.78 Å². The average Bonchev–Trinajstić information content (AvgIpc) is 2.68. The van der Waals surface area contributed by atoms with Crippen molar-refractivity contribution in [3.05, 3.63) is 57.8 Å². The van der Waals surface area contributed by atoms with Crippen LogP contribution in [0.2, 0.25) is 0 Å². The van der Waals surface area contributed by atoms with Crippen LogP contribution in [0.5, 0.6) is 5.75 Å². The Labute approximate surface area is 164 Å². The van der Waals surface area contributed by atoms with Crippen molar-refractivity contribution in [1.82, 2.24) is 4.98 Å². The molecule has 0 atom stereocenters. The van der Waals surface area contributed by atoms with Gasteiger partial charge in [0, 0.05) is 12.6 Å². The predicted octanol–water partition coefficient (Wildman–Crippen LogP) is 3.81. The second kappa shape index (κ2) is 10.9. The van der Waals surface area contributed by atoms with Gasteiger partial charge >= 0.3 is 5.97 Å². The topological polar surface area (TPSA) is 104 Å². The van der Waals surface area contributed by atoms with Gasteiger partial charge in [0.1, 0.15) is 17.8 Å². The van der Waals surface area contributed by atoms with Gasteiger partial charge in [0.25, 0.3) is 5.69 Å². The lowest BCUT2D eigenvalue weighted by molar-refractivity contribution is -0.385. The summed E-state index contributed by atoms with van der Waals surface area (Å²) in [5.74, 6) is 0.914. The van der Waals surface area contributed by atoms with Crippen molar-refractivity contribution < 1.29 is 19.2 Å². The Balaban J connectivity index is 1.53. The lowest BCUT2D eigenvalue weighted by Crippen LogP contribution is -2.16. The van der Waals surface area contributed by atoms with Gasteiger partial charge in [-0.3, -0.25) is 10.1 Å². The summed E-state index contributed by atoms with van der Waals surface area (Å²) in [6, 6.07) is 8.71. The smallest absolute Gasteiger partial charge is 0.344 e. The van der Waals surface area contributed by atoms with Crippen LogP contribution in [0.4, 0.5) is 11.5 Å². The predicted molar refractivity (Wildman–Crippen MR) is 106 cm³/mol. The minimum atomic E-state index is -0.481. The van der Waals surface area contributed by atoms with Gasteiger partial charge in [-0.15, -0.1) is 0 Å². The number of benzene rings is 1. The SMILES string of the molecule is Cc1cccc(OCC(=O)OCCCCCNc2ccc([N+](=O)[O-])cn2)c1C. The fraction of sp³-hybridized carbons (Fsp3) is 0.400. The Morgan fingerprint density at radius 2 is 2.00 bits per heavy atom. The summed E-state index contributed by atoms with van der Waals surface area (Å²) in [7, 11) is 0. The van der Waals surface area contributed by atoms with E-state index in [0.29, 0.717) is 24.7 Å². The van der Waals surface area contributed by atoms with E-state index in [0.717, 1.165) is 30.4 Å². The van der Waals surface area contributed by atoms with Crippen molar-refractivity contribution >= 4 is 17.5 Å². The molecule has 8 heteroatoms. The van der Waals surface area contributed by atoms with E-state index in [1.54, 1.807) is 6.07 Å². The normalized spacial score (nSPS) is 10.4. The van der Waals surface area contributed by atoms with Crippen LogP contribution >= 0.6 is 0 Å². The first kappa shape index (κ1) is 21.1. The third-order valence-electron chi connectivity index (χ3n) is 4.25. The van der Waals surface area contributed by atoms with Crippen LogP contribution in [0.15, 0.2) is 36.5 Å². The highest BCUT2D eigenvalue weighted by Crippen LogP contribution is 2.20. The zero-order chi connectivity index (χ0) is 20.4. The number of nitrogens with one attached hydrogen (secondary N) is 1. The van der Waals surface area contributed by atoms with Gasteiger partial charge in [-0.2, -0.15) is 0 Å². The Hall–Kier alpha value is -3.16. The molecule has 0 amide bonds. The molecule has 0 saturated heterocycles. The first-order valence-corrected chi connectivity index (χ1v) is 9.16. The lowest BCUT2D eigenvalue weighted by atomic mass is 10.1. The number of unbranched alkanes of at least 4 members (excludes halogenated alkanes) is 2. The molecule has 1 N–H and O–H groups in total. The molecular weight excluding hydrogens is 362 g/mol. The van der Waals surface area contributed by atoms with Crippen LogP contribution in [-0.2, 0) is 9.53 Å². The highest BCUT2D eigenvalue weighted by Gasteiger charge is 2.07. The quantitative estimate of drug-likeness (QED) is 0.271. The number of nitro groups is 1. The molecule has 0 aliphatic heterocycles. The van der Waals surface area contributed by atoms with Crippen LogP contribution in [0, 0.1) is 24.0 Å². The number of esters is 1. The number of carbonyl (C=O) groups is 1. The molecule has 0 fully saturated rings. The molecule has 150 valence electrons. The molecule has 0 radical (unpaired) electrons. The maximum atomic E-state index is 11.7. The number of hydrogen-bond acceptors (Lipinski definition) is 7. The Morgan fingerprint density at radius 3 is 2.71 bits per heavy atom. The van der Waals surface area contributed by atoms with E-state index in [4.69, 9.17) is 9.47 Å². The number of aryl methyl sites for hydroxylation is 1. The summed E-state index contributed by atoms with van der Waals surface area (Å²) in [6.45, 7) is 4.89. The van der Waals surface area contributed by atoms with Crippen LogP contribution < -0.4 is 10.1 Å². The van der Waals surface area contributed by atoms with E-state index in [9.17, 15) is 14.9 Å². The maximum absolute atomic E-state index is 11.7. The molecule has 8 nitrogen and oxygen atoms in total. The van der Waals surface area contributed by atoms with Crippen molar-refractivity contribution in [1.29, 1.82) is 0 Å². The maximum Gasteiger partial charge on any atom is 0.344 e. The van der Waals surface area contributed by atoms with E-state index in [2.05, 4.69) is 10.3 Å². The summed E-state index contributed by atoms with van der Waals surface area (Å²) < 4.78 is 10.7. The van der Waals surface area contributed by atoms with Crippen molar-refractivity contribution in [2.45, 2.75) is 33.1 Å². The summed E-state index contributed by atoms with van der Waals surface area (Å²) >= 11 is 0. The zero-order valence-corrected chi connectivity index (χ0v) is 16.1. The second-order valence-corrected chi connectivity index (χ2v) is 6.35.